The highest BCUT2D eigenvalue weighted by molar-refractivity contribution is 5.88. The van der Waals surface area contributed by atoms with Crippen LogP contribution in [0.4, 0.5) is 0 Å². The maximum Gasteiger partial charge on any atom is 0.302 e. The molecular formula is C24H30O3. The highest BCUT2D eigenvalue weighted by atomic mass is 16.5. The van der Waals surface area contributed by atoms with Crippen molar-refractivity contribution in [3.8, 4) is 5.75 Å². The molecule has 0 unspecified atom stereocenters. The van der Waals surface area contributed by atoms with Crippen molar-refractivity contribution in [2.45, 2.75) is 82.8 Å². The quantitative estimate of drug-likeness (QED) is 0.610. The summed E-state index contributed by atoms with van der Waals surface area (Å²) in [7, 11) is 0. The molecule has 2 aliphatic carbocycles. The molecule has 3 heteroatoms. The highest BCUT2D eigenvalue weighted by Crippen LogP contribution is 2.43. The molecule has 0 N–H and O–H groups in total. The number of carbonyl (C=O) groups excluding carboxylic acids is 1. The normalized spacial score (nSPS) is 23.9. The molecule has 2 fully saturated rings. The molecule has 2 saturated carbocycles. The Morgan fingerprint density at radius 2 is 1.63 bits per heavy atom. The van der Waals surface area contributed by atoms with Gasteiger partial charge in [0.2, 0.25) is 0 Å². The number of rotatable bonds is 4. The van der Waals surface area contributed by atoms with E-state index in [0.29, 0.717) is 6.10 Å². The third-order valence-corrected chi connectivity index (χ3v) is 6.17. The first kappa shape index (κ1) is 18.3. The van der Waals surface area contributed by atoms with Crippen LogP contribution >= 0.6 is 0 Å². The molecule has 0 aliphatic heterocycles. The van der Waals surface area contributed by atoms with Crippen molar-refractivity contribution in [2.75, 3.05) is 0 Å². The van der Waals surface area contributed by atoms with Gasteiger partial charge in [-0.15, -0.1) is 0 Å². The monoisotopic (exact) mass is 366 g/mol. The van der Waals surface area contributed by atoms with Gasteiger partial charge in [0.15, 0.2) is 0 Å². The van der Waals surface area contributed by atoms with Crippen LogP contribution < -0.4 is 4.74 Å². The second kappa shape index (κ2) is 8.33. The number of esters is 1. The lowest BCUT2D eigenvalue weighted by Gasteiger charge is -2.34. The van der Waals surface area contributed by atoms with Gasteiger partial charge in [0.25, 0.3) is 0 Å². The predicted molar refractivity (Wildman–Crippen MR) is 108 cm³/mol. The molecule has 2 aromatic rings. The molecule has 2 aromatic carbocycles. The Balaban J connectivity index is 1.75. The van der Waals surface area contributed by atoms with Crippen molar-refractivity contribution in [2.24, 2.45) is 0 Å². The molecule has 0 spiro atoms. The minimum Gasteiger partial charge on any atom is -0.490 e. The fourth-order valence-electron chi connectivity index (χ4n) is 4.90. The molecule has 27 heavy (non-hydrogen) atoms. The van der Waals surface area contributed by atoms with Gasteiger partial charge >= 0.3 is 5.97 Å². The van der Waals surface area contributed by atoms with E-state index in [0.717, 1.165) is 37.9 Å². The summed E-state index contributed by atoms with van der Waals surface area (Å²) >= 11 is 0. The van der Waals surface area contributed by atoms with E-state index in [9.17, 15) is 4.79 Å². The first-order chi connectivity index (χ1) is 13.2. The molecule has 0 heterocycles. The van der Waals surface area contributed by atoms with Crippen LogP contribution in [0.25, 0.3) is 10.8 Å². The van der Waals surface area contributed by atoms with Gasteiger partial charge in [0.05, 0.1) is 6.10 Å². The van der Waals surface area contributed by atoms with Crippen molar-refractivity contribution in [3.05, 3.63) is 42.0 Å². The van der Waals surface area contributed by atoms with Crippen LogP contribution in [0.2, 0.25) is 0 Å². The number of benzene rings is 2. The van der Waals surface area contributed by atoms with E-state index in [1.54, 1.807) is 0 Å². The van der Waals surface area contributed by atoms with Crippen molar-refractivity contribution in [1.82, 2.24) is 0 Å². The van der Waals surface area contributed by atoms with Crippen molar-refractivity contribution in [3.63, 3.8) is 0 Å². The van der Waals surface area contributed by atoms with E-state index in [1.807, 2.05) is 0 Å². The van der Waals surface area contributed by atoms with Gasteiger partial charge in [0, 0.05) is 18.4 Å². The summed E-state index contributed by atoms with van der Waals surface area (Å²) in [4.78, 5) is 11.7. The molecule has 3 nitrogen and oxygen atoms in total. The SMILES string of the molecule is CC(=O)O[C@H]1CCCC[C@H]1c1c(OC2CCCCC2)ccc2ccccc12. The van der Waals surface area contributed by atoms with Gasteiger partial charge in [-0.3, -0.25) is 4.79 Å². The minimum atomic E-state index is -0.179. The smallest absolute Gasteiger partial charge is 0.302 e. The Hall–Kier alpha value is -2.03. The van der Waals surface area contributed by atoms with Crippen LogP contribution in [0.3, 0.4) is 0 Å². The number of carbonyl (C=O) groups is 1. The fraction of sp³-hybridized carbons (Fsp3) is 0.542. The van der Waals surface area contributed by atoms with E-state index >= 15 is 0 Å². The Morgan fingerprint density at radius 3 is 2.44 bits per heavy atom. The summed E-state index contributed by atoms with van der Waals surface area (Å²) < 4.78 is 12.3. The summed E-state index contributed by atoms with van der Waals surface area (Å²) in [5.74, 6) is 1.04. The molecule has 0 aromatic heterocycles. The molecule has 2 aliphatic rings. The lowest BCUT2D eigenvalue weighted by Crippen LogP contribution is -2.29. The van der Waals surface area contributed by atoms with E-state index in [1.165, 1.54) is 48.9 Å². The maximum atomic E-state index is 11.7. The van der Waals surface area contributed by atoms with Gasteiger partial charge < -0.3 is 9.47 Å². The highest BCUT2D eigenvalue weighted by Gasteiger charge is 2.33. The first-order valence-electron chi connectivity index (χ1n) is 10.6. The Bertz CT molecular complexity index is 791. The van der Waals surface area contributed by atoms with Crippen molar-refractivity contribution in [1.29, 1.82) is 0 Å². The van der Waals surface area contributed by atoms with E-state index in [2.05, 4.69) is 36.4 Å². The number of hydrogen-bond donors (Lipinski definition) is 0. The topological polar surface area (TPSA) is 35.5 Å². The minimum absolute atomic E-state index is 0.0456. The number of hydrogen-bond acceptors (Lipinski definition) is 3. The van der Waals surface area contributed by atoms with E-state index < -0.39 is 0 Å². The standard InChI is InChI=1S/C24H30O3/c1-17(25)26-22-14-8-7-13-21(22)24-20-12-6-5-9-18(20)15-16-23(24)27-19-10-3-2-4-11-19/h5-6,9,12,15-16,19,21-22H,2-4,7-8,10-11,13-14H2,1H3/t21-,22+/m1/s1. The number of ether oxygens (including phenoxy) is 2. The zero-order valence-corrected chi connectivity index (χ0v) is 16.3. The summed E-state index contributed by atoms with van der Waals surface area (Å²) in [6, 6.07) is 12.8. The summed E-state index contributed by atoms with van der Waals surface area (Å²) in [6.07, 6.45) is 10.7. The van der Waals surface area contributed by atoms with Crippen molar-refractivity contribution < 1.29 is 14.3 Å². The lowest BCUT2D eigenvalue weighted by atomic mass is 9.79. The fourth-order valence-corrected chi connectivity index (χ4v) is 4.90. The van der Waals surface area contributed by atoms with E-state index in [4.69, 9.17) is 9.47 Å². The Morgan fingerprint density at radius 1 is 0.889 bits per heavy atom. The number of fused-ring (bicyclic) bond motifs is 1. The first-order valence-corrected chi connectivity index (χ1v) is 10.6. The van der Waals surface area contributed by atoms with Gasteiger partial charge in [0.1, 0.15) is 11.9 Å². The molecule has 144 valence electrons. The second-order valence-corrected chi connectivity index (χ2v) is 8.12. The third-order valence-electron chi connectivity index (χ3n) is 6.17. The lowest BCUT2D eigenvalue weighted by molar-refractivity contribution is -0.148. The van der Waals surface area contributed by atoms with E-state index in [-0.39, 0.29) is 18.0 Å². The second-order valence-electron chi connectivity index (χ2n) is 8.12. The molecule has 0 saturated heterocycles. The van der Waals surface area contributed by atoms with Gasteiger partial charge in [-0.05, 0) is 61.8 Å². The van der Waals surface area contributed by atoms with Gasteiger partial charge in [-0.1, -0.05) is 43.2 Å². The van der Waals surface area contributed by atoms with Crippen LogP contribution in [0.15, 0.2) is 36.4 Å². The van der Waals surface area contributed by atoms with Crippen LogP contribution in [0.5, 0.6) is 5.75 Å². The largest absolute Gasteiger partial charge is 0.490 e. The molecule has 4 rings (SSSR count). The summed E-state index contributed by atoms with van der Waals surface area (Å²) in [5.41, 5.74) is 1.25. The maximum absolute atomic E-state index is 11.7. The zero-order valence-electron chi connectivity index (χ0n) is 16.3. The van der Waals surface area contributed by atoms with Crippen LogP contribution in [0, 0.1) is 0 Å². The van der Waals surface area contributed by atoms with Crippen molar-refractivity contribution >= 4 is 16.7 Å². The van der Waals surface area contributed by atoms with Crippen LogP contribution in [-0.4, -0.2) is 18.2 Å². The van der Waals surface area contributed by atoms with Crippen LogP contribution in [-0.2, 0) is 9.53 Å². The molecule has 0 radical (unpaired) electrons. The molecule has 0 bridgehead atoms. The molecule has 2 atom stereocenters. The average molecular weight is 367 g/mol. The predicted octanol–water partition coefficient (Wildman–Crippen LogP) is 6.14. The summed E-state index contributed by atoms with van der Waals surface area (Å²) in [5, 5.41) is 2.48. The average Bonchev–Trinajstić information content (AvgIpc) is 2.69. The Labute approximate surface area is 162 Å². The third kappa shape index (κ3) is 4.12. The molecular weight excluding hydrogens is 336 g/mol. The van der Waals surface area contributed by atoms with Gasteiger partial charge in [-0.2, -0.15) is 0 Å². The van der Waals surface area contributed by atoms with Gasteiger partial charge in [-0.25, -0.2) is 0 Å². The molecule has 0 amide bonds. The zero-order chi connectivity index (χ0) is 18.6. The van der Waals surface area contributed by atoms with Crippen LogP contribution in [0.1, 0.15) is 76.2 Å². The summed E-state index contributed by atoms with van der Waals surface area (Å²) in [6.45, 7) is 1.52. The Kier molecular flexibility index (Phi) is 5.66.